The van der Waals surface area contributed by atoms with Gasteiger partial charge in [0.25, 0.3) is 5.91 Å². The van der Waals surface area contributed by atoms with Crippen LogP contribution in [-0.2, 0) is 19.2 Å². The molecule has 188 valence electrons. The van der Waals surface area contributed by atoms with E-state index in [-0.39, 0.29) is 49.1 Å². The maximum absolute atomic E-state index is 13.4. The minimum absolute atomic E-state index is 0.0840. The molecule has 3 aliphatic heterocycles. The zero-order valence-electron chi connectivity index (χ0n) is 20.7. The van der Waals surface area contributed by atoms with Crippen molar-refractivity contribution in [2.75, 3.05) is 33.4 Å². The van der Waals surface area contributed by atoms with Gasteiger partial charge in [0.2, 0.25) is 17.7 Å². The largest absolute Gasteiger partial charge is 0.493 e. The number of amides is 4. The first-order valence-electron chi connectivity index (χ1n) is 12.0. The van der Waals surface area contributed by atoms with E-state index in [2.05, 4.69) is 0 Å². The van der Waals surface area contributed by atoms with Crippen molar-refractivity contribution in [3.8, 4) is 11.5 Å². The summed E-state index contributed by atoms with van der Waals surface area (Å²) in [5, 5.41) is 6.31. The van der Waals surface area contributed by atoms with Gasteiger partial charge in [-0.25, -0.2) is 5.01 Å². The van der Waals surface area contributed by atoms with Gasteiger partial charge in [0.05, 0.1) is 30.9 Å². The van der Waals surface area contributed by atoms with Crippen LogP contribution in [-0.4, -0.2) is 83.5 Å². The molecule has 35 heavy (non-hydrogen) atoms. The van der Waals surface area contributed by atoms with Crippen LogP contribution in [0, 0.1) is 5.41 Å². The Hall–Kier alpha value is -3.43. The smallest absolute Gasteiger partial charge is 0.254 e. The fourth-order valence-electron chi connectivity index (χ4n) is 4.82. The summed E-state index contributed by atoms with van der Waals surface area (Å²) in [4.78, 5) is 52.4. The summed E-state index contributed by atoms with van der Waals surface area (Å²) in [6, 6.07) is 5.40. The Kier molecular flexibility index (Phi) is 6.82. The quantitative estimate of drug-likeness (QED) is 0.546. The SMILES string of the molecule is CCOc1cc(C2=NN(C3CCN(C(=O)CN4C(=O)CCC4=O)CC3)C(=O)C2(C)C)ccc1OC. The Morgan fingerprint density at radius 1 is 1.09 bits per heavy atom. The number of hydrogen-bond donors (Lipinski definition) is 0. The molecule has 0 unspecified atom stereocenters. The predicted octanol–water partition coefficient (Wildman–Crippen LogP) is 1.81. The number of piperidine rings is 1. The van der Waals surface area contributed by atoms with E-state index < -0.39 is 5.41 Å². The van der Waals surface area contributed by atoms with Crippen LogP contribution in [0.4, 0.5) is 0 Å². The molecule has 4 amide bonds. The molecule has 0 bridgehead atoms. The number of carbonyl (C=O) groups is 4. The zero-order chi connectivity index (χ0) is 25.3. The number of carbonyl (C=O) groups excluding carboxylic acids is 4. The Morgan fingerprint density at radius 2 is 1.74 bits per heavy atom. The van der Waals surface area contributed by atoms with E-state index in [0.29, 0.717) is 49.7 Å². The van der Waals surface area contributed by atoms with Gasteiger partial charge in [-0.1, -0.05) is 0 Å². The van der Waals surface area contributed by atoms with Gasteiger partial charge < -0.3 is 14.4 Å². The van der Waals surface area contributed by atoms with E-state index in [1.807, 2.05) is 39.0 Å². The van der Waals surface area contributed by atoms with E-state index in [4.69, 9.17) is 14.6 Å². The molecule has 0 N–H and O–H groups in total. The third-order valence-electron chi connectivity index (χ3n) is 6.89. The van der Waals surface area contributed by atoms with Crippen molar-refractivity contribution in [1.29, 1.82) is 0 Å². The first-order chi connectivity index (χ1) is 16.7. The summed E-state index contributed by atoms with van der Waals surface area (Å²) in [7, 11) is 1.58. The maximum atomic E-state index is 13.4. The van der Waals surface area contributed by atoms with Gasteiger partial charge in [-0.2, -0.15) is 5.10 Å². The molecule has 10 nitrogen and oxygen atoms in total. The highest BCUT2D eigenvalue weighted by atomic mass is 16.5. The van der Waals surface area contributed by atoms with Gasteiger partial charge in [-0.3, -0.25) is 24.1 Å². The van der Waals surface area contributed by atoms with E-state index in [1.165, 1.54) is 0 Å². The molecular formula is C25H32N4O6. The van der Waals surface area contributed by atoms with Crippen molar-refractivity contribution in [3.63, 3.8) is 0 Å². The molecule has 0 atom stereocenters. The standard InChI is InChI=1S/C25H32N4O6/c1-5-35-19-14-16(6-7-18(19)34-4)23-25(2,3)24(33)29(26-23)17-10-12-27(13-11-17)22(32)15-28-20(30)8-9-21(28)31/h6-7,14,17H,5,8-13,15H2,1-4H3. The van der Waals surface area contributed by atoms with Crippen molar-refractivity contribution >= 4 is 29.3 Å². The van der Waals surface area contributed by atoms with Crippen molar-refractivity contribution in [2.24, 2.45) is 10.5 Å². The fourth-order valence-corrected chi connectivity index (χ4v) is 4.82. The molecule has 2 fully saturated rings. The van der Waals surface area contributed by atoms with E-state index >= 15 is 0 Å². The van der Waals surface area contributed by atoms with Crippen LogP contribution in [0.3, 0.4) is 0 Å². The van der Waals surface area contributed by atoms with Crippen LogP contribution < -0.4 is 9.47 Å². The minimum atomic E-state index is -0.818. The van der Waals surface area contributed by atoms with Gasteiger partial charge in [0.15, 0.2) is 11.5 Å². The van der Waals surface area contributed by atoms with Gasteiger partial charge in [-0.05, 0) is 51.8 Å². The fraction of sp³-hybridized carbons (Fsp3) is 0.560. The highest BCUT2D eigenvalue weighted by Crippen LogP contribution is 2.37. The van der Waals surface area contributed by atoms with E-state index in [0.717, 1.165) is 10.5 Å². The molecule has 0 aromatic heterocycles. The molecule has 1 aromatic carbocycles. The van der Waals surface area contributed by atoms with E-state index in [1.54, 1.807) is 17.0 Å². The molecule has 0 saturated carbocycles. The number of imide groups is 1. The number of hydrogen-bond acceptors (Lipinski definition) is 7. The van der Waals surface area contributed by atoms with Crippen LogP contribution >= 0.6 is 0 Å². The Morgan fingerprint density at radius 3 is 2.34 bits per heavy atom. The minimum Gasteiger partial charge on any atom is -0.493 e. The maximum Gasteiger partial charge on any atom is 0.254 e. The molecule has 3 heterocycles. The number of hydrazone groups is 1. The van der Waals surface area contributed by atoms with Gasteiger partial charge in [0, 0.05) is 31.5 Å². The van der Waals surface area contributed by atoms with Crippen molar-refractivity contribution < 1.29 is 28.7 Å². The van der Waals surface area contributed by atoms with Crippen LogP contribution in [0.25, 0.3) is 0 Å². The van der Waals surface area contributed by atoms with Crippen LogP contribution in [0.2, 0.25) is 0 Å². The Balaban J connectivity index is 1.46. The lowest BCUT2D eigenvalue weighted by atomic mass is 9.83. The zero-order valence-corrected chi connectivity index (χ0v) is 20.7. The summed E-state index contributed by atoms with van der Waals surface area (Å²) < 4.78 is 11.1. The van der Waals surface area contributed by atoms with E-state index in [9.17, 15) is 19.2 Å². The van der Waals surface area contributed by atoms with Gasteiger partial charge in [-0.15, -0.1) is 0 Å². The molecular weight excluding hydrogens is 452 g/mol. The third kappa shape index (κ3) is 4.61. The molecule has 0 radical (unpaired) electrons. The number of benzene rings is 1. The normalized spacial score (nSPS) is 20.5. The molecule has 3 aliphatic rings. The second kappa shape index (κ2) is 9.67. The number of methoxy groups -OCH3 is 1. The first-order valence-corrected chi connectivity index (χ1v) is 12.0. The second-order valence-electron chi connectivity index (χ2n) is 9.51. The molecule has 1 aromatic rings. The average molecular weight is 485 g/mol. The first kappa shape index (κ1) is 24.7. The highest BCUT2D eigenvalue weighted by molar-refractivity contribution is 6.19. The third-order valence-corrected chi connectivity index (χ3v) is 6.89. The molecule has 0 aliphatic carbocycles. The second-order valence-corrected chi connectivity index (χ2v) is 9.51. The number of ether oxygens (including phenoxy) is 2. The van der Waals surface area contributed by atoms with Crippen LogP contribution in [0.15, 0.2) is 23.3 Å². The molecule has 0 spiro atoms. The predicted molar refractivity (Wildman–Crippen MR) is 127 cm³/mol. The summed E-state index contributed by atoms with van der Waals surface area (Å²) >= 11 is 0. The summed E-state index contributed by atoms with van der Waals surface area (Å²) in [6.07, 6.45) is 1.47. The lowest BCUT2D eigenvalue weighted by molar-refractivity contribution is -0.147. The van der Waals surface area contributed by atoms with Crippen molar-refractivity contribution in [3.05, 3.63) is 23.8 Å². The van der Waals surface area contributed by atoms with Crippen molar-refractivity contribution in [2.45, 2.75) is 52.5 Å². The molecule has 10 heteroatoms. The lowest BCUT2D eigenvalue weighted by Gasteiger charge is -2.36. The summed E-state index contributed by atoms with van der Waals surface area (Å²) in [5.41, 5.74) is 0.639. The summed E-state index contributed by atoms with van der Waals surface area (Å²) in [5.74, 6) is 0.292. The topological polar surface area (TPSA) is 109 Å². The molecule has 2 saturated heterocycles. The van der Waals surface area contributed by atoms with Crippen LogP contribution in [0.1, 0.15) is 52.0 Å². The molecule has 4 rings (SSSR count). The van der Waals surface area contributed by atoms with Gasteiger partial charge in [0.1, 0.15) is 6.54 Å². The van der Waals surface area contributed by atoms with Crippen molar-refractivity contribution in [1.82, 2.24) is 14.8 Å². The Labute approximate surface area is 204 Å². The van der Waals surface area contributed by atoms with Gasteiger partial charge >= 0.3 is 0 Å². The number of likely N-dealkylation sites (tertiary alicyclic amines) is 2. The highest BCUT2D eigenvalue weighted by Gasteiger charge is 2.47. The Bertz CT molecular complexity index is 1060. The lowest BCUT2D eigenvalue weighted by Crippen LogP contribution is -2.50. The van der Waals surface area contributed by atoms with Crippen LogP contribution in [0.5, 0.6) is 11.5 Å². The summed E-state index contributed by atoms with van der Waals surface area (Å²) in [6.45, 7) is 6.77. The monoisotopic (exact) mass is 484 g/mol. The number of nitrogens with zero attached hydrogens (tertiary/aromatic N) is 4. The number of rotatable bonds is 7. The average Bonchev–Trinajstić information content (AvgIpc) is 3.28.